The summed E-state index contributed by atoms with van der Waals surface area (Å²) in [4.78, 5) is 0. The number of benzene rings is 1. The van der Waals surface area contributed by atoms with Crippen LogP contribution in [0.4, 0.5) is 0 Å². The van der Waals surface area contributed by atoms with E-state index in [1.54, 1.807) is 0 Å². The molecule has 0 fully saturated rings. The molecule has 0 nitrogen and oxygen atoms in total. The molecule has 1 aromatic carbocycles. The Bertz CT molecular complexity index is 218. The van der Waals surface area contributed by atoms with Crippen LogP contribution in [0.15, 0.2) is 30.3 Å². The Morgan fingerprint density at radius 3 is 2.46 bits per heavy atom. The highest BCUT2D eigenvalue weighted by Gasteiger charge is 2.07. The highest BCUT2D eigenvalue weighted by molar-refractivity contribution is 9.09. The van der Waals surface area contributed by atoms with Gasteiger partial charge in [-0.2, -0.15) is 0 Å². The summed E-state index contributed by atoms with van der Waals surface area (Å²) in [6, 6.07) is 10.8. The second-order valence-corrected chi connectivity index (χ2v) is 4.14. The van der Waals surface area contributed by atoms with Crippen LogP contribution in [0.1, 0.15) is 37.7 Å². The average Bonchev–Trinajstić information content (AvgIpc) is 2.21. The molecule has 0 radical (unpaired) electrons. The van der Waals surface area contributed by atoms with E-state index in [1.807, 2.05) is 0 Å². The van der Waals surface area contributed by atoms with Crippen LogP contribution in [0.2, 0.25) is 0 Å². The normalized spacial score (nSPS) is 12.8. The van der Waals surface area contributed by atoms with E-state index in [-0.39, 0.29) is 0 Å². The Labute approximate surface area is 89.5 Å². The van der Waals surface area contributed by atoms with Crippen molar-refractivity contribution in [3.63, 3.8) is 0 Å². The van der Waals surface area contributed by atoms with E-state index in [0.29, 0.717) is 0 Å². The van der Waals surface area contributed by atoms with Gasteiger partial charge in [0, 0.05) is 5.33 Å². The molecular weight excluding hydrogens is 224 g/mol. The summed E-state index contributed by atoms with van der Waals surface area (Å²) in [6.45, 7) is 2.27. The molecule has 0 aliphatic rings. The first kappa shape index (κ1) is 10.8. The van der Waals surface area contributed by atoms with E-state index in [0.717, 1.165) is 11.2 Å². The third-order valence-electron chi connectivity index (χ3n) is 2.45. The topological polar surface area (TPSA) is 0 Å². The minimum atomic E-state index is 0.749. The van der Waals surface area contributed by atoms with Gasteiger partial charge in [-0.25, -0.2) is 0 Å². The Morgan fingerprint density at radius 2 is 1.92 bits per heavy atom. The van der Waals surface area contributed by atoms with Crippen LogP contribution in [0.3, 0.4) is 0 Å². The first-order valence-electron chi connectivity index (χ1n) is 4.99. The Balaban J connectivity index is 2.56. The minimum Gasteiger partial charge on any atom is -0.0928 e. The van der Waals surface area contributed by atoms with Gasteiger partial charge in [0.2, 0.25) is 0 Å². The maximum atomic E-state index is 3.48. The molecule has 0 spiro atoms. The van der Waals surface area contributed by atoms with Crippen LogP contribution in [0, 0.1) is 0 Å². The van der Waals surface area contributed by atoms with Crippen molar-refractivity contribution in [1.82, 2.24) is 0 Å². The first-order chi connectivity index (χ1) is 6.38. The number of halogens is 1. The van der Waals surface area contributed by atoms with Crippen molar-refractivity contribution < 1.29 is 0 Å². The predicted octanol–water partition coefficient (Wildman–Crippen LogP) is 4.36. The summed E-state index contributed by atoms with van der Waals surface area (Å²) in [5.41, 5.74) is 1.49. The molecule has 72 valence electrons. The summed E-state index contributed by atoms with van der Waals surface area (Å²) >= 11 is 3.48. The Morgan fingerprint density at radius 1 is 1.23 bits per heavy atom. The molecule has 0 aliphatic carbocycles. The van der Waals surface area contributed by atoms with Crippen molar-refractivity contribution in [1.29, 1.82) is 0 Å². The van der Waals surface area contributed by atoms with Crippen molar-refractivity contribution in [3.8, 4) is 0 Å². The van der Waals surface area contributed by atoms with E-state index < -0.39 is 0 Å². The summed E-state index contributed by atoms with van der Waals surface area (Å²) in [6.07, 6.45) is 3.82. The zero-order chi connectivity index (χ0) is 9.52. The fourth-order valence-corrected chi connectivity index (χ4v) is 1.98. The molecule has 1 atom stereocenters. The van der Waals surface area contributed by atoms with E-state index in [1.165, 1.54) is 24.8 Å². The van der Waals surface area contributed by atoms with Crippen LogP contribution in [0.5, 0.6) is 0 Å². The van der Waals surface area contributed by atoms with E-state index >= 15 is 0 Å². The van der Waals surface area contributed by atoms with Crippen LogP contribution in [0.25, 0.3) is 0 Å². The lowest BCUT2D eigenvalue weighted by atomic mass is 9.92. The second-order valence-electron chi connectivity index (χ2n) is 3.35. The maximum absolute atomic E-state index is 3.48. The molecular formula is C12H17Br. The van der Waals surface area contributed by atoms with E-state index in [2.05, 4.69) is 53.2 Å². The molecule has 0 amide bonds. The Hall–Kier alpha value is -0.300. The van der Waals surface area contributed by atoms with Gasteiger partial charge in [0.1, 0.15) is 0 Å². The Kier molecular flexibility index (Phi) is 5.14. The number of hydrogen-bond donors (Lipinski definition) is 0. The monoisotopic (exact) mass is 240 g/mol. The van der Waals surface area contributed by atoms with Gasteiger partial charge in [-0.15, -0.1) is 0 Å². The van der Waals surface area contributed by atoms with Gasteiger partial charge < -0.3 is 0 Å². The lowest BCUT2D eigenvalue weighted by molar-refractivity contribution is 0.600. The predicted molar refractivity (Wildman–Crippen MR) is 62.5 cm³/mol. The number of alkyl halides is 1. The van der Waals surface area contributed by atoms with Crippen molar-refractivity contribution in [2.45, 2.75) is 32.1 Å². The molecule has 0 bridgehead atoms. The fraction of sp³-hybridized carbons (Fsp3) is 0.500. The quantitative estimate of drug-likeness (QED) is 0.672. The smallest absolute Gasteiger partial charge is 0.00315 e. The molecule has 0 unspecified atom stereocenters. The summed E-state index contributed by atoms with van der Waals surface area (Å²) in [5.74, 6) is 0.749. The van der Waals surface area contributed by atoms with Crippen LogP contribution in [-0.2, 0) is 0 Å². The lowest BCUT2D eigenvalue weighted by Crippen LogP contribution is -1.97. The standard InChI is InChI=1S/C12H17Br/c1-2-11(9-6-10-13)12-7-4-3-5-8-12/h3-5,7-8,11H,2,6,9-10H2,1H3/t11-/m1/s1. The van der Waals surface area contributed by atoms with E-state index in [4.69, 9.17) is 0 Å². The molecule has 1 aromatic rings. The highest BCUT2D eigenvalue weighted by Crippen LogP contribution is 2.24. The molecule has 13 heavy (non-hydrogen) atoms. The molecule has 0 aromatic heterocycles. The molecule has 1 heteroatoms. The molecule has 0 saturated heterocycles. The SMILES string of the molecule is CC[C@H](CCCBr)c1ccccc1. The van der Waals surface area contributed by atoms with Crippen LogP contribution >= 0.6 is 15.9 Å². The third kappa shape index (κ3) is 3.51. The van der Waals surface area contributed by atoms with Gasteiger partial charge in [0.25, 0.3) is 0 Å². The largest absolute Gasteiger partial charge is 0.0928 e. The molecule has 0 N–H and O–H groups in total. The zero-order valence-corrected chi connectivity index (χ0v) is 9.76. The number of hydrogen-bond acceptors (Lipinski definition) is 0. The molecule has 0 aliphatic heterocycles. The van der Waals surface area contributed by atoms with Crippen molar-refractivity contribution >= 4 is 15.9 Å². The minimum absolute atomic E-state index is 0.749. The van der Waals surface area contributed by atoms with Crippen molar-refractivity contribution in [2.24, 2.45) is 0 Å². The average molecular weight is 241 g/mol. The van der Waals surface area contributed by atoms with Gasteiger partial charge in [-0.3, -0.25) is 0 Å². The van der Waals surface area contributed by atoms with Gasteiger partial charge in [-0.05, 0) is 30.7 Å². The van der Waals surface area contributed by atoms with Crippen LogP contribution < -0.4 is 0 Å². The maximum Gasteiger partial charge on any atom is 0.00315 e. The summed E-state index contributed by atoms with van der Waals surface area (Å²) < 4.78 is 0. The van der Waals surface area contributed by atoms with Gasteiger partial charge in [-0.1, -0.05) is 53.2 Å². The third-order valence-corrected chi connectivity index (χ3v) is 3.01. The lowest BCUT2D eigenvalue weighted by Gasteiger charge is -2.13. The number of rotatable bonds is 5. The molecule has 0 saturated carbocycles. The van der Waals surface area contributed by atoms with Crippen LogP contribution in [-0.4, -0.2) is 5.33 Å². The van der Waals surface area contributed by atoms with Crippen molar-refractivity contribution in [2.75, 3.05) is 5.33 Å². The zero-order valence-electron chi connectivity index (χ0n) is 8.17. The second kappa shape index (κ2) is 6.20. The molecule has 1 rings (SSSR count). The van der Waals surface area contributed by atoms with Gasteiger partial charge >= 0.3 is 0 Å². The fourth-order valence-electron chi connectivity index (χ4n) is 1.66. The molecule has 0 heterocycles. The van der Waals surface area contributed by atoms with Gasteiger partial charge in [0.05, 0.1) is 0 Å². The van der Waals surface area contributed by atoms with Crippen molar-refractivity contribution in [3.05, 3.63) is 35.9 Å². The van der Waals surface area contributed by atoms with E-state index in [9.17, 15) is 0 Å². The summed E-state index contributed by atoms with van der Waals surface area (Å²) in [7, 11) is 0. The highest BCUT2D eigenvalue weighted by atomic mass is 79.9. The summed E-state index contributed by atoms with van der Waals surface area (Å²) in [5, 5.41) is 1.12. The van der Waals surface area contributed by atoms with Gasteiger partial charge in [0.15, 0.2) is 0 Å². The first-order valence-corrected chi connectivity index (χ1v) is 6.11.